The molecule has 0 radical (unpaired) electrons. The predicted octanol–water partition coefficient (Wildman–Crippen LogP) is 3.07. The summed E-state index contributed by atoms with van der Waals surface area (Å²) in [6.45, 7) is 3.60. The first kappa shape index (κ1) is 14.6. The second-order valence-corrected chi connectivity index (χ2v) is 5.48. The van der Waals surface area contributed by atoms with Gasteiger partial charge in [0.25, 0.3) is 0 Å². The van der Waals surface area contributed by atoms with Gasteiger partial charge in [0.1, 0.15) is 6.04 Å². The summed E-state index contributed by atoms with van der Waals surface area (Å²) < 4.78 is 5.13. The topological polar surface area (TPSA) is 46.6 Å². The van der Waals surface area contributed by atoms with Gasteiger partial charge >= 0.3 is 5.97 Å². The Balaban J connectivity index is 2.11. The lowest BCUT2D eigenvalue weighted by Crippen LogP contribution is -2.48. The van der Waals surface area contributed by atoms with Crippen molar-refractivity contribution in [1.29, 1.82) is 0 Å². The third-order valence-electron chi connectivity index (χ3n) is 4.15. The zero-order valence-corrected chi connectivity index (χ0v) is 12.8. The summed E-state index contributed by atoms with van der Waals surface area (Å²) in [5.74, 6) is -0.453. The fourth-order valence-electron chi connectivity index (χ4n) is 3.24. The van der Waals surface area contributed by atoms with Crippen LogP contribution in [0.15, 0.2) is 36.4 Å². The van der Waals surface area contributed by atoms with Crippen molar-refractivity contribution in [2.45, 2.75) is 32.7 Å². The molecule has 114 valence electrons. The summed E-state index contributed by atoms with van der Waals surface area (Å²) in [4.78, 5) is 25.9. The lowest BCUT2D eigenvalue weighted by atomic mass is 9.91. The molecule has 0 aliphatic carbocycles. The summed E-state index contributed by atoms with van der Waals surface area (Å²) >= 11 is 0. The van der Waals surface area contributed by atoms with Crippen LogP contribution in [-0.4, -0.2) is 24.5 Å². The average molecular weight is 297 g/mol. The van der Waals surface area contributed by atoms with Crippen LogP contribution in [0.25, 0.3) is 10.8 Å². The molecule has 1 amide bonds. The van der Waals surface area contributed by atoms with Crippen LogP contribution in [0, 0.1) is 0 Å². The molecule has 3 rings (SSSR count). The van der Waals surface area contributed by atoms with E-state index in [9.17, 15) is 9.59 Å². The zero-order chi connectivity index (χ0) is 15.7. The predicted molar refractivity (Wildman–Crippen MR) is 85.9 cm³/mol. The van der Waals surface area contributed by atoms with Gasteiger partial charge in [-0.2, -0.15) is 0 Å². The number of benzene rings is 2. The molecule has 0 unspecified atom stereocenters. The van der Waals surface area contributed by atoms with E-state index < -0.39 is 6.04 Å². The number of rotatable bonds is 2. The molecule has 0 aromatic heterocycles. The molecule has 0 saturated carbocycles. The lowest BCUT2D eigenvalue weighted by molar-refractivity contribution is -0.146. The van der Waals surface area contributed by atoms with Crippen LogP contribution in [0.3, 0.4) is 0 Å². The first-order valence-corrected chi connectivity index (χ1v) is 7.60. The number of anilines is 1. The van der Waals surface area contributed by atoms with Gasteiger partial charge in [-0.15, -0.1) is 0 Å². The van der Waals surface area contributed by atoms with Crippen LogP contribution >= 0.6 is 0 Å². The lowest BCUT2D eigenvalue weighted by Gasteiger charge is -2.35. The van der Waals surface area contributed by atoms with E-state index in [1.165, 1.54) is 6.92 Å². The Morgan fingerprint density at radius 1 is 1.23 bits per heavy atom. The molecule has 0 saturated heterocycles. The number of nitrogens with zero attached hydrogens (tertiary/aromatic N) is 1. The molecule has 1 heterocycles. The summed E-state index contributed by atoms with van der Waals surface area (Å²) in [5.41, 5.74) is 1.96. The molecular formula is C18H19NO3. The van der Waals surface area contributed by atoms with Crippen molar-refractivity contribution >= 4 is 28.3 Å². The highest BCUT2D eigenvalue weighted by Crippen LogP contribution is 2.36. The number of ether oxygens (including phenoxy) is 1. The molecular weight excluding hydrogens is 278 g/mol. The van der Waals surface area contributed by atoms with Crippen molar-refractivity contribution in [2.24, 2.45) is 0 Å². The summed E-state index contributed by atoms with van der Waals surface area (Å²) in [7, 11) is 0. The molecule has 1 aliphatic rings. The Morgan fingerprint density at radius 3 is 2.73 bits per heavy atom. The minimum atomic E-state index is -0.522. The number of hydrogen-bond donors (Lipinski definition) is 0. The van der Waals surface area contributed by atoms with Gasteiger partial charge in [0.05, 0.1) is 6.61 Å². The van der Waals surface area contributed by atoms with Crippen LogP contribution < -0.4 is 4.90 Å². The van der Waals surface area contributed by atoms with Crippen molar-refractivity contribution in [3.63, 3.8) is 0 Å². The maximum absolute atomic E-state index is 12.2. The normalized spacial score (nSPS) is 17.2. The van der Waals surface area contributed by atoms with Crippen molar-refractivity contribution in [2.75, 3.05) is 11.5 Å². The monoisotopic (exact) mass is 297 g/mol. The highest BCUT2D eigenvalue weighted by atomic mass is 16.5. The third-order valence-corrected chi connectivity index (χ3v) is 4.15. The maximum Gasteiger partial charge on any atom is 0.329 e. The summed E-state index contributed by atoms with van der Waals surface area (Å²) in [6.07, 6.45) is 1.36. The number of hydrogen-bond acceptors (Lipinski definition) is 3. The standard InChI is InChI=1S/C18H19NO3/c1-3-22-18(21)17-11-9-15-14-7-5-4-6-13(14)8-10-16(15)19(17)12(2)20/h4-8,10,17H,3,9,11H2,1-2H3/t17-/m1/s1. The SMILES string of the molecule is CCOC(=O)[C@H]1CCc2c(ccc3ccccc23)N1C(C)=O. The summed E-state index contributed by atoms with van der Waals surface area (Å²) in [6, 6.07) is 11.5. The van der Waals surface area contributed by atoms with Gasteiger partial charge in [0.2, 0.25) is 5.91 Å². The second kappa shape index (κ2) is 5.79. The van der Waals surface area contributed by atoms with E-state index in [0.29, 0.717) is 13.0 Å². The van der Waals surface area contributed by atoms with Crippen molar-refractivity contribution < 1.29 is 14.3 Å². The Morgan fingerprint density at radius 2 is 2.00 bits per heavy atom. The molecule has 4 heteroatoms. The van der Waals surface area contributed by atoms with Gasteiger partial charge in [-0.05, 0) is 42.2 Å². The van der Waals surface area contributed by atoms with E-state index in [2.05, 4.69) is 12.1 Å². The maximum atomic E-state index is 12.2. The fourth-order valence-corrected chi connectivity index (χ4v) is 3.24. The van der Waals surface area contributed by atoms with Crippen molar-refractivity contribution in [1.82, 2.24) is 0 Å². The van der Waals surface area contributed by atoms with E-state index >= 15 is 0 Å². The van der Waals surface area contributed by atoms with Crippen LogP contribution in [-0.2, 0) is 20.7 Å². The number of aryl methyl sites for hydroxylation is 1. The molecule has 0 bridgehead atoms. The highest BCUT2D eigenvalue weighted by molar-refractivity contribution is 6.03. The summed E-state index contributed by atoms with van der Waals surface area (Å²) in [5, 5.41) is 2.30. The van der Waals surface area contributed by atoms with Gasteiger partial charge in [-0.25, -0.2) is 4.79 Å². The highest BCUT2D eigenvalue weighted by Gasteiger charge is 2.35. The molecule has 22 heavy (non-hydrogen) atoms. The van der Waals surface area contributed by atoms with Crippen LogP contribution in [0.4, 0.5) is 5.69 Å². The van der Waals surface area contributed by atoms with Gasteiger partial charge in [-0.3, -0.25) is 9.69 Å². The Labute approximate surface area is 129 Å². The second-order valence-electron chi connectivity index (χ2n) is 5.48. The minimum absolute atomic E-state index is 0.130. The zero-order valence-electron chi connectivity index (χ0n) is 12.8. The third kappa shape index (κ3) is 2.34. The van der Waals surface area contributed by atoms with E-state index in [1.807, 2.05) is 24.3 Å². The molecule has 1 atom stereocenters. The molecule has 0 spiro atoms. The van der Waals surface area contributed by atoms with Crippen LogP contribution in [0.1, 0.15) is 25.8 Å². The number of carbonyl (C=O) groups excluding carboxylic acids is 2. The molecule has 0 N–H and O–H groups in total. The number of carbonyl (C=O) groups is 2. The van der Waals surface area contributed by atoms with Crippen LogP contribution in [0.5, 0.6) is 0 Å². The Kier molecular flexibility index (Phi) is 3.84. The van der Waals surface area contributed by atoms with Crippen molar-refractivity contribution in [3.8, 4) is 0 Å². The van der Waals surface area contributed by atoms with E-state index in [4.69, 9.17) is 4.74 Å². The van der Waals surface area contributed by atoms with E-state index in [0.717, 1.165) is 28.4 Å². The van der Waals surface area contributed by atoms with E-state index in [1.54, 1.807) is 11.8 Å². The average Bonchev–Trinajstić information content (AvgIpc) is 2.53. The van der Waals surface area contributed by atoms with E-state index in [-0.39, 0.29) is 11.9 Å². The number of fused-ring (bicyclic) bond motifs is 3. The van der Waals surface area contributed by atoms with Gasteiger partial charge in [0.15, 0.2) is 0 Å². The Bertz CT molecular complexity index is 738. The van der Waals surface area contributed by atoms with Gasteiger partial charge in [0, 0.05) is 12.6 Å². The molecule has 1 aliphatic heterocycles. The van der Waals surface area contributed by atoms with Gasteiger partial charge in [-0.1, -0.05) is 30.3 Å². The largest absolute Gasteiger partial charge is 0.464 e. The fraction of sp³-hybridized carbons (Fsp3) is 0.333. The number of esters is 1. The first-order valence-electron chi connectivity index (χ1n) is 7.60. The molecule has 2 aromatic rings. The molecule has 0 fully saturated rings. The Hall–Kier alpha value is -2.36. The molecule has 2 aromatic carbocycles. The smallest absolute Gasteiger partial charge is 0.329 e. The first-order chi connectivity index (χ1) is 10.6. The van der Waals surface area contributed by atoms with Crippen molar-refractivity contribution in [3.05, 3.63) is 42.0 Å². The van der Waals surface area contributed by atoms with Crippen LogP contribution in [0.2, 0.25) is 0 Å². The quantitative estimate of drug-likeness (QED) is 0.800. The minimum Gasteiger partial charge on any atom is -0.464 e. The number of amides is 1. The van der Waals surface area contributed by atoms with Gasteiger partial charge < -0.3 is 4.74 Å². The molecule has 4 nitrogen and oxygen atoms in total.